The van der Waals surface area contributed by atoms with E-state index in [4.69, 9.17) is 4.42 Å². The average molecular weight is 258 g/mol. The molecule has 19 heavy (non-hydrogen) atoms. The van der Waals surface area contributed by atoms with Gasteiger partial charge in [0.15, 0.2) is 5.76 Å². The molecule has 0 radical (unpaired) electrons. The first kappa shape index (κ1) is 12.9. The second-order valence-electron chi connectivity index (χ2n) is 3.94. The largest absolute Gasteiger partial charge is 0.459 e. The van der Waals surface area contributed by atoms with E-state index in [9.17, 15) is 9.59 Å². The van der Waals surface area contributed by atoms with Crippen LogP contribution in [0.15, 0.2) is 47.1 Å². The Morgan fingerprint density at radius 2 is 1.89 bits per heavy atom. The van der Waals surface area contributed by atoms with Gasteiger partial charge in [0, 0.05) is 5.69 Å². The van der Waals surface area contributed by atoms with Gasteiger partial charge in [0.25, 0.3) is 5.91 Å². The number of benzene rings is 1. The Kier molecular flexibility index (Phi) is 3.97. The second kappa shape index (κ2) is 5.86. The van der Waals surface area contributed by atoms with Crippen molar-refractivity contribution in [1.29, 1.82) is 0 Å². The lowest BCUT2D eigenvalue weighted by Gasteiger charge is -2.06. The predicted molar refractivity (Wildman–Crippen MR) is 71.0 cm³/mol. The Bertz CT molecular complexity index is 559. The number of carbonyl (C=O) groups excluding carboxylic acids is 2. The zero-order valence-corrected chi connectivity index (χ0v) is 10.5. The van der Waals surface area contributed by atoms with E-state index in [2.05, 4.69) is 17.6 Å². The summed E-state index contributed by atoms with van der Waals surface area (Å²) in [7, 11) is 0. The van der Waals surface area contributed by atoms with Crippen LogP contribution in [0.25, 0.3) is 0 Å². The van der Waals surface area contributed by atoms with Crippen LogP contribution in [-0.4, -0.2) is 11.9 Å². The molecule has 0 aliphatic rings. The van der Waals surface area contributed by atoms with E-state index in [1.165, 1.54) is 17.9 Å². The van der Waals surface area contributed by atoms with Crippen LogP contribution in [0, 0.1) is 0 Å². The maximum atomic E-state index is 11.6. The Balaban J connectivity index is 1.92. The molecule has 1 aromatic carbocycles. The van der Waals surface area contributed by atoms with E-state index >= 15 is 0 Å². The minimum absolute atomic E-state index is 0.0940. The molecule has 2 aromatic rings. The number of amides is 3. The number of urea groups is 1. The molecular weight excluding hydrogens is 244 g/mol. The lowest BCUT2D eigenvalue weighted by Crippen LogP contribution is -2.34. The van der Waals surface area contributed by atoms with E-state index in [0.717, 1.165) is 6.42 Å². The Labute approximate surface area is 110 Å². The van der Waals surface area contributed by atoms with Crippen LogP contribution in [0.1, 0.15) is 23.0 Å². The SMILES string of the molecule is CCc1ccc(NC(=O)NC(=O)c2ccco2)cc1. The summed E-state index contributed by atoms with van der Waals surface area (Å²) in [5.74, 6) is -0.482. The van der Waals surface area contributed by atoms with Crippen LogP contribution in [-0.2, 0) is 6.42 Å². The molecule has 0 fully saturated rings. The third-order valence-electron chi connectivity index (χ3n) is 2.59. The maximum Gasteiger partial charge on any atom is 0.326 e. The van der Waals surface area contributed by atoms with Crippen molar-refractivity contribution in [2.45, 2.75) is 13.3 Å². The molecule has 2 rings (SSSR count). The molecule has 5 heteroatoms. The summed E-state index contributed by atoms with van der Waals surface area (Å²) in [5, 5.41) is 4.75. The fourth-order valence-corrected chi connectivity index (χ4v) is 1.56. The quantitative estimate of drug-likeness (QED) is 0.889. The first-order chi connectivity index (χ1) is 9.19. The van der Waals surface area contributed by atoms with Crippen molar-refractivity contribution in [3.63, 3.8) is 0 Å². The van der Waals surface area contributed by atoms with Crippen LogP contribution < -0.4 is 10.6 Å². The molecule has 0 saturated carbocycles. The molecule has 0 aliphatic heterocycles. The number of furan rings is 1. The van der Waals surface area contributed by atoms with Gasteiger partial charge in [-0.15, -0.1) is 0 Å². The van der Waals surface area contributed by atoms with Gasteiger partial charge >= 0.3 is 6.03 Å². The Morgan fingerprint density at radius 3 is 2.47 bits per heavy atom. The molecule has 2 N–H and O–H groups in total. The summed E-state index contributed by atoms with van der Waals surface area (Å²) >= 11 is 0. The van der Waals surface area contributed by atoms with Crippen molar-refractivity contribution in [1.82, 2.24) is 5.32 Å². The number of anilines is 1. The van der Waals surface area contributed by atoms with Crippen molar-refractivity contribution in [2.24, 2.45) is 0 Å². The summed E-state index contributed by atoms with van der Waals surface area (Å²) < 4.78 is 4.88. The molecule has 0 atom stereocenters. The van der Waals surface area contributed by atoms with Gasteiger partial charge in [-0.2, -0.15) is 0 Å². The molecule has 5 nitrogen and oxygen atoms in total. The number of hydrogen-bond donors (Lipinski definition) is 2. The molecule has 0 bridgehead atoms. The van der Waals surface area contributed by atoms with Crippen LogP contribution in [0.2, 0.25) is 0 Å². The van der Waals surface area contributed by atoms with E-state index in [-0.39, 0.29) is 5.76 Å². The summed E-state index contributed by atoms with van der Waals surface area (Å²) in [6.45, 7) is 2.05. The number of aryl methyl sites for hydroxylation is 1. The number of imide groups is 1. The summed E-state index contributed by atoms with van der Waals surface area (Å²) in [6, 6.07) is 9.89. The van der Waals surface area contributed by atoms with Gasteiger partial charge in [-0.05, 0) is 36.2 Å². The number of rotatable bonds is 3. The van der Waals surface area contributed by atoms with Gasteiger partial charge in [-0.3, -0.25) is 10.1 Å². The average Bonchev–Trinajstić information content (AvgIpc) is 2.93. The van der Waals surface area contributed by atoms with Crippen molar-refractivity contribution in [2.75, 3.05) is 5.32 Å². The van der Waals surface area contributed by atoms with E-state index in [0.29, 0.717) is 5.69 Å². The highest BCUT2D eigenvalue weighted by atomic mass is 16.3. The van der Waals surface area contributed by atoms with E-state index < -0.39 is 11.9 Å². The van der Waals surface area contributed by atoms with E-state index in [1.807, 2.05) is 12.1 Å². The fourth-order valence-electron chi connectivity index (χ4n) is 1.56. The third kappa shape index (κ3) is 3.45. The maximum absolute atomic E-state index is 11.6. The molecule has 0 spiro atoms. The lowest BCUT2D eigenvalue weighted by molar-refractivity contribution is 0.0940. The molecule has 0 aliphatic carbocycles. The Hall–Kier alpha value is -2.56. The zero-order chi connectivity index (χ0) is 13.7. The van der Waals surface area contributed by atoms with Gasteiger partial charge in [0.2, 0.25) is 0 Å². The lowest BCUT2D eigenvalue weighted by atomic mass is 10.1. The van der Waals surface area contributed by atoms with Crippen molar-refractivity contribution in [3.8, 4) is 0 Å². The smallest absolute Gasteiger partial charge is 0.326 e. The Morgan fingerprint density at radius 1 is 1.16 bits per heavy atom. The minimum atomic E-state index is -0.592. The molecule has 98 valence electrons. The predicted octanol–water partition coefficient (Wildman–Crippen LogP) is 2.80. The summed E-state index contributed by atoms with van der Waals surface area (Å²) in [6.07, 6.45) is 2.31. The van der Waals surface area contributed by atoms with E-state index in [1.54, 1.807) is 18.2 Å². The highest BCUT2D eigenvalue weighted by Gasteiger charge is 2.12. The van der Waals surface area contributed by atoms with Gasteiger partial charge in [-0.1, -0.05) is 19.1 Å². The monoisotopic (exact) mass is 258 g/mol. The van der Waals surface area contributed by atoms with Crippen molar-refractivity contribution < 1.29 is 14.0 Å². The molecule has 0 unspecified atom stereocenters. The summed E-state index contributed by atoms with van der Waals surface area (Å²) in [5.41, 5.74) is 1.81. The number of hydrogen-bond acceptors (Lipinski definition) is 3. The van der Waals surface area contributed by atoms with Crippen LogP contribution >= 0.6 is 0 Å². The topological polar surface area (TPSA) is 71.3 Å². The van der Waals surface area contributed by atoms with Crippen LogP contribution in [0.3, 0.4) is 0 Å². The molecule has 1 heterocycles. The highest BCUT2D eigenvalue weighted by Crippen LogP contribution is 2.09. The van der Waals surface area contributed by atoms with Gasteiger partial charge in [0.1, 0.15) is 0 Å². The molecule has 1 aromatic heterocycles. The fraction of sp³-hybridized carbons (Fsp3) is 0.143. The second-order valence-corrected chi connectivity index (χ2v) is 3.94. The van der Waals surface area contributed by atoms with Crippen LogP contribution in [0.4, 0.5) is 10.5 Å². The van der Waals surface area contributed by atoms with Gasteiger partial charge in [0.05, 0.1) is 6.26 Å². The number of nitrogens with one attached hydrogen (secondary N) is 2. The normalized spacial score (nSPS) is 9.95. The number of carbonyl (C=O) groups is 2. The first-order valence-electron chi connectivity index (χ1n) is 5.94. The van der Waals surface area contributed by atoms with Gasteiger partial charge in [-0.25, -0.2) is 4.79 Å². The highest BCUT2D eigenvalue weighted by molar-refractivity contribution is 6.06. The third-order valence-corrected chi connectivity index (χ3v) is 2.59. The van der Waals surface area contributed by atoms with Crippen molar-refractivity contribution >= 4 is 17.6 Å². The standard InChI is InChI=1S/C14H14N2O3/c1-2-10-5-7-11(8-6-10)15-14(18)16-13(17)12-4-3-9-19-12/h3-9H,2H2,1H3,(H2,15,16,17,18). The molecular formula is C14H14N2O3. The van der Waals surface area contributed by atoms with Crippen LogP contribution in [0.5, 0.6) is 0 Å². The molecule has 3 amide bonds. The van der Waals surface area contributed by atoms with Gasteiger partial charge < -0.3 is 9.73 Å². The summed E-state index contributed by atoms with van der Waals surface area (Å²) in [4.78, 5) is 23.1. The van der Waals surface area contributed by atoms with Crippen molar-refractivity contribution in [3.05, 3.63) is 54.0 Å². The first-order valence-corrected chi connectivity index (χ1v) is 5.94. The minimum Gasteiger partial charge on any atom is -0.459 e. The zero-order valence-electron chi connectivity index (χ0n) is 10.5. The molecule has 0 saturated heterocycles.